The topological polar surface area (TPSA) is 70.6 Å². The van der Waals surface area contributed by atoms with E-state index in [4.69, 9.17) is 0 Å². The number of sulfone groups is 1. The normalized spacial score (nSPS) is 15.6. The number of aryl methyl sites for hydroxylation is 1. The van der Waals surface area contributed by atoms with Gasteiger partial charge in [0.2, 0.25) is 5.91 Å². The van der Waals surface area contributed by atoms with Crippen molar-refractivity contribution in [3.05, 3.63) is 59.1 Å². The summed E-state index contributed by atoms with van der Waals surface area (Å²) in [5, 5.41) is 0.904. The summed E-state index contributed by atoms with van der Waals surface area (Å²) >= 11 is 1.47. The van der Waals surface area contributed by atoms with Crippen molar-refractivity contribution in [3.63, 3.8) is 0 Å². The van der Waals surface area contributed by atoms with Gasteiger partial charge in [-0.25, -0.2) is 13.4 Å². The smallest absolute Gasteiger partial charge is 0.223 e. The van der Waals surface area contributed by atoms with Crippen LogP contribution < -0.4 is 0 Å². The number of amides is 1. The van der Waals surface area contributed by atoms with Crippen LogP contribution in [-0.4, -0.2) is 61.0 Å². The molecule has 0 unspecified atom stereocenters. The number of benzene rings is 2. The van der Waals surface area contributed by atoms with Crippen LogP contribution in [0.3, 0.4) is 0 Å². The van der Waals surface area contributed by atoms with E-state index >= 15 is 0 Å². The van der Waals surface area contributed by atoms with Crippen molar-refractivity contribution in [1.29, 1.82) is 0 Å². The van der Waals surface area contributed by atoms with Crippen molar-refractivity contribution in [3.8, 4) is 0 Å². The average Bonchev–Trinajstić information content (AvgIpc) is 3.12. The Kier molecular flexibility index (Phi) is 6.17. The van der Waals surface area contributed by atoms with Crippen LogP contribution in [0.25, 0.3) is 10.2 Å². The molecule has 30 heavy (non-hydrogen) atoms. The van der Waals surface area contributed by atoms with E-state index in [2.05, 4.69) is 22.0 Å². The lowest BCUT2D eigenvalue weighted by molar-refractivity contribution is -0.132. The van der Waals surface area contributed by atoms with Crippen molar-refractivity contribution in [2.75, 3.05) is 31.9 Å². The molecule has 2 aromatic carbocycles. The Hall–Kier alpha value is -2.29. The monoisotopic (exact) mass is 443 g/mol. The third kappa shape index (κ3) is 4.88. The van der Waals surface area contributed by atoms with Gasteiger partial charge in [-0.1, -0.05) is 30.3 Å². The van der Waals surface area contributed by atoms with Crippen LogP contribution in [0.1, 0.15) is 17.0 Å². The number of hydrogen-bond acceptors (Lipinski definition) is 6. The highest BCUT2D eigenvalue weighted by Crippen LogP contribution is 2.25. The fourth-order valence-corrected chi connectivity index (χ4v) is 5.90. The van der Waals surface area contributed by atoms with E-state index in [0.29, 0.717) is 13.1 Å². The minimum Gasteiger partial charge on any atom is -0.340 e. The van der Waals surface area contributed by atoms with Crippen LogP contribution in [0.2, 0.25) is 0 Å². The van der Waals surface area contributed by atoms with Crippen LogP contribution >= 0.6 is 11.3 Å². The van der Waals surface area contributed by atoms with Crippen molar-refractivity contribution in [2.24, 2.45) is 0 Å². The van der Waals surface area contributed by atoms with Crippen molar-refractivity contribution in [2.45, 2.75) is 24.8 Å². The van der Waals surface area contributed by atoms with E-state index in [-0.39, 0.29) is 23.0 Å². The van der Waals surface area contributed by atoms with Gasteiger partial charge in [0.1, 0.15) is 0 Å². The zero-order valence-corrected chi connectivity index (χ0v) is 18.6. The number of hydrogen-bond donors (Lipinski definition) is 0. The minimum atomic E-state index is -3.51. The number of carbonyl (C=O) groups is 1. The van der Waals surface area contributed by atoms with Gasteiger partial charge >= 0.3 is 0 Å². The molecule has 1 saturated heterocycles. The fraction of sp³-hybridized carbons (Fsp3) is 0.364. The van der Waals surface area contributed by atoms with Gasteiger partial charge in [-0.15, -0.1) is 11.3 Å². The lowest BCUT2D eigenvalue weighted by Gasteiger charge is -2.34. The molecule has 0 radical (unpaired) electrons. The minimum absolute atomic E-state index is 0.0147. The van der Waals surface area contributed by atoms with Crippen LogP contribution in [0, 0.1) is 6.92 Å². The predicted molar refractivity (Wildman–Crippen MR) is 119 cm³/mol. The number of piperazine rings is 1. The molecule has 158 valence electrons. The Morgan fingerprint density at radius 3 is 2.53 bits per heavy atom. The summed E-state index contributed by atoms with van der Waals surface area (Å²) in [5.74, 6) is -0.257. The molecular weight excluding hydrogens is 418 g/mol. The molecule has 8 heteroatoms. The standard InChI is InChI=1S/C22H25N3O3S2/c1-17-23-20-8-7-19(15-21(20)29-17)30(27,28)14-9-22(26)25-12-10-24(11-13-25)16-18-5-3-2-4-6-18/h2-8,15H,9-14,16H2,1H3. The molecule has 0 atom stereocenters. The summed E-state index contributed by atoms with van der Waals surface area (Å²) in [6, 6.07) is 15.3. The summed E-state index contributed by atoms with van der Waals surface area (Å²) in [4.78, 5) is 21.3. The number of nitrogens with zero attached hydrogens (tertiary/aromatic N) is 3. The third-order valence-electron chi connectivity index (χ3n) is 5.38. The molecular formula is C22H25N3O3S2. The Morgan fingerprint density at radius 2 is 1.80 bits per heavy atom. The lowest BCUT2D eigenvalue weighted by Crippen LogP contribution is -2.48. The van der Waals surface area contributed by atoms with Crippen LogP contribution in [0.15, 0.2) is 53.4 Å². The molecule has 1 aliphatic rings. The molecule has 1 fully saturated rings. The van der Waals surface area contributed by atoms with Gasteiger partial charge in [0, 0.05) is 39.1 Å². The molecule has 0 bridgehead atoms. The molecule has 4 rings (SSSR count). The summed E-state index contributed by atoms with van der Waals surface area (Å²) in [5.41, 5.74) is 2.07. The van der Waals surface area contributed by atoms with Gasteiger partial charge in [0.15, 0.2) is 9.84 Å². The molecule has 0 aliphatic carbocycles. The molecule has 1 aromatic heterocycles. The Morgan fingerprint density at radius 1 is 1.07 bits per heavy atom. The number of fused-ring (bicyclic) bond motifs is 1. The second-order valence-corrected chi connectivity index (χ2v) is 10.9. The van der Waals surface area contributed by atoms with E-state index < -0.39 is 9.84 Å². The van der Waals surface area contributed by atoms with E-state index in [1.807, 2.05) is 25.1 Å². The maximum atomic E-state index is 12.7. The maximum Gasteiger partial charge on any atom is 0.223 e. The second kappa shape index (κ2) is 8.83. The quantitative estimate of drug-likeness (QED) is 0.585. The number of thiazole rings is 1. The molecule has 0 N–H and O–H groups in total. The average molecular weight is 444 g/mol. The zero-order chi connectivity index (χ0) is 21.1. The van der Waals surface area contributed by atoms with Gasteiger partial charge in [-0.2, -0.15) is 0 Å². The second-order valence-electron chi connectivity index (χ2n) is 7.57. The van der Waals surface area contributed by atoms with Gasteiger partial charge in [0.05, 0.1) is 25.9 Å². The van der Waals surface area contributed by atoms with E-state index in [0.717, 1.165) is 34.9 Å². The highest BCUT2D eigenvalue weighted by Gasteiger charge is 2.24. The number of carbonyl (C=O) groups excluding carboxylic acids is 1. The molecule has 6 nitrogen and oxygen atoms in total. The summed E-state index contributed by atoms with van der Waals surface area (Å²) < 4.78 is 26.3. The first-order valence-corrected chi connectivity index (χ1v) is 12.5. The Balaban J connectivity index is 1.30. The van der Waals surface area contributed by atoms with Crippen LogP contribution in [-0.2, 0) is 21.2 Å². The third-order valence-corrected chi connectivity index (χ3v) is 8.03. The first kappa shape index (κ1) is 21.0. The highest BCUT2D eigenvalue weighted by atomic mass is 32.2. The summed E-state index contributed by atoms with van der Waals surface area (Å²) in [7, 11) is -3.51. The summed E-state index contributed by atoms with van der Waals surface area (Å²) in [6.07, 6.45) is 0.0147. The van der Waals surface area contributed by atoms with E-state index in [1.54, 1.807) is 23.1 Å². The molecule has 3 aromatic rings. The van der Waals surface area contributed by atoms with Gasteiger partial charge in [0.25, 0.3) is 0 Å². The number of aromatic nitrogens is 1. The summed E-state index contributed by atoms with van der Waals surface area (Å²) in [6.45, 7) is 5.65. The maximum absolute atomic E-state index is 12.7. The van der Waals surface area contributed by atoms with Crippen molar-refractivity contribution < 1.29 is 13.2 Å². The first-order valence-electron chi connectivity index (χ1n) is 10.0. The predicted octanol–water partition coefficient (Wildman–Crippen LogP) is 3.11. The van der Waals surface area contributed by atoms with Gasteiger partial charge in [-0.3, -0.25) is 9.69 Å². The molecule has 2 heterocycles. The first-order chi connectivity index (χ1) is 14.4. The van der Waals surface area contributed by atoms with Gasteiger partial charge in [-0.05, 0) is 30.7 Å². The van der Waals surface area contributed by atoms with Crippen molar-refractivity contribution in [1.82, 2.24) is 14.8 Å². The fourth-order valence-electron chi connectivity index (χ4n) is 3.71. The SMILES string of the molecule is Cc1nc2ccc(S(=O)(=O)CCC(=O)N3CCN(Cc4ccccc4)CC3)cc2s1. The largest absolute Gasteiger partial charge is 0.340 e. The Bertz CT molecular complexity index is 1130. The van der Waals surface area contributed by atoms with E-state index in [9.17, 15) is 13.2 Å². The van der Waals surface area contributed by atoms with Crippen molar-refractivity contribution >= 4 is 37.3 Å². The van der Waals surface area contributed by atoms with Crippen LogP contribution in [0.5, 0.6) is 0 Å². The van der Waals surface area contributed by atoms with E-state index in [1.165, 1.54) is 16.9 Å². The number of rotatable bonds is 6. The molecule has 1 amide bonds. The molecule has 1 aliphatic heterocycles. The lowest BCUT2D eigenvalue weighted by atomic mass is 10.2. The Labute approximate surface area is 181 Å². The molecule has 0 spiro atoms. The van der Waals surface area contributed by atoms with Gasteiger partial charge < -0.3 is 4.90 Å². The molecule has 0 saturated carbocycles. The highest BCUT2D eigenvalue weighted by molar-refractivity contribution is 7.91. The van der Waals surface area contributed by atoms with Crippen LogP contribution in [0.4, 0.5) is 0 Å². The zero-order valence-electron chi connectivity index (χ0n) is 17.0.